The lowest BCUT2D eigenvalue weighted by Gasteiger charge is -2.35. The first-order valence-corrected chi connectivity index (χ1v) is 17.7. The van der Waals surface area contributed by atoms with Gasteiger partial charge in [-0.3, -0.25) is 13.9 Å². The number of benzene rings is 4. The lowest BCUT2D eigenvalue weighted by Crippen LogP contribution is -2.55. The van der Waals surface area contributed by atoms with Crippen LogP contribution in [0.2, 0.25) is 0 Å². The van der Waals surface area contributed by atoms with Crippen LogP contribution in [0.4, 0.5) is 10.1 Å². The Labute approximate surface area is 282 Å². The number of hydrogen-bond acceptors (Lipinski definition) is 5. The van der Waals surface area contributed by atoms with Gasteiger partial charge < -0.3 is 15.0 Å². The van der Waals surface area contributed by atoms with E-state index in [0.29, 0.717) is 11.3 Å². The molecule has 1 N–H and O–H groups in total. The molecule has 0 heterocycles. The molecular formula is C38H42FN3O5S. The molecule has 10 heteroatoms. The zero-order valence-electron chi connectivity index (χ0n) is 27.3. The molecule has 1 saturated carbocycles. The summed E-state index contributed by atoms with van der Waals surface area (Å²) in [7, 11) is -2.72. The van der Waals surface area contributed by atoms with Crippen LogP contribution >= 0.6 is 0 Å². The average Bonchev–Trinajstić information content (AvgIpc) is 3.10. The molecule has 2 amide bonds. The van der Waals surface area contributed by atoms with Gasteiger partial charge in [0, 0.05) is 19.0 Å². The summed E-state index contributed by atoms with van der Waals surface area (Å²) in [6.07, 6.45) is 5.07. The third-order valence-electron chi connectivity index (χ3n) is 8.74. The first kappa shape index (κ1) is 34.6. The molecule has 0 aliphatic heterocycles. The van der Waals surface area contributed by atoms with Gasteiger partial charge in [0.2, 0.25) is 11.8 Å². The summed E-state index contributed by atoms with van der Waals surface area (Å²) in [4.78, 5) is 30.3. The molecule has 1 aliphatic carbocycles. The number of carbonyl (C=O) groups excluding carboxylic acids is 2. The van der Waals surface area contributed by atoms with Crippen LogP contribution in [0.25, 0.3) is 0 Å². The molecule has 1 atom stereocenters. The normalized spacial score (nSPS) is 14.1. The standard InChI is InChI=1S/C38H42FN3O5S/c1-28-13-23-35(24-14-28)48(45,46)42(33-19-21-34(47-2)22-20-33)27-37(43)41(26-30-15-17-31(39)18-16-30)36(25-29-9-5-3-6-10-29)38(44)40-32-11-7-4-8-12-32/h3,5-6,9-10,13-24,32,36H,4,7-8,11-12,25-27H2,1-2H3,(H,40,44)/t36-/m1/s1. The molecule has 0 spiro atoms. The Balaban J connectivity index is 1.56. The van der Waals surface area contributed by atoms with Gasteiger partial charge >= 0.3 is 0 Å². The van der Waals surface area contributed by atoms with Crippen molar-refractivity contribution in [1.82, 2.24) is 10.2 Å². The van der Waals surface area contributed by atoms with Crippen molar-refractivity contribution < 1.29 is 27.1 Å². The Kier molecular flexibility index (Phi) is 11.5. The van der Waals surface area contributed by atoms with Gasteiger partial charge in [-0.15, -0.1) is 0 Å². The van der Waals surface area contributed by atoms with Crippen LogP contribution in [-0.2, 0) is 32.6 Å². The largest absolute Gasteiger partial charge is 0.497 e. The van der Waals surface area contributed by atoms with Gasteiger partial charge in [0.05, 0.1) is 17.7 Å². The first-order chi connectivity index (χ1) is 23.1. The van der Waals surface area contributed by atoms with Crippen LogP contribution in [0.1, 0.15) is 48.8 Å². The Morgan fingerprint density at radius 2 is 1.50 bits per heavy atom. The lowest BCUT2D eigenvalue weighted by molar-refractivity contribution is -0.140. The zero-order chi connectivity index (χ0) is 34.1. The van der Waals surface area contributed by atoms with Gasteiger partial charge in [0.25, 0.3) is 10.0 Å². The molecule has 1 fully saturated rings. The quantitative estimate of drug-likeness (QED) is 0.177. The molecule has 8 nitrogen and oxygen atoms in total. The van der Waals surface area contributed by atoms with E-state index in [0.717, 1.165) is 47.5 Å². The summed E-state index contributed by atoms with van der Waals surface area (Å²) in [5, 5.41) is 3.19. The maximum Gasteiger partial charge on any atom is 0.264 e. The summed E-state index contributed by atoms with van der Waals surface area (Å²) < 4.78 is 48.7. The molecule has 0 unspecified atom stereocenters. The Hall–Kier alpha value is -4.70. The summed E-state index contributed by atoms with van der Waals surface area (Å²) in [5.74, 6) is -0.787. The molecule has 0 radical (unpaired) electrons. The summed E-state index contributed by atoms with van der Waals surface area (Å²) in [5.41, 5.74) is 2.60. The Morgan fingerprint density at radius 1 is 0.854 bits per heavy atom. The van der Waals surface area contributed by atoms with Crippen molar-refractivity contribution >= 4 is 27.5 Å². The number of halogens is 1. The Bertz CT molecular complexity index is 1760. The Morgan fingerprint density at radius 3 is 2.12 bits per heavy atom. The van der Waals surface area contributed by atoms with E-state index < -0.39 is 34.3 Å². The summed E-state index contributed by atoms with van der Waals surface area (Å²) >= 11 is 0. The minimum atomic E-state index is -4.23. The van der Waals surface area contributed by atoms with Crippen LogP contribution in [0.5, 0.6) is 5.75 Å². The zero-order valence-corrected chi connectivity index (χ0v) is 28.2. The van der Waals surface area contributed by atoms with Crippen LogP contribution in [0.3, 0.4) is 0 Å². The molecule has 5 rings (SSSR count). The van der Waals surface area contributed by atoms with E-state index in [9.17, 15) is 22.4 Å². The number of aryl methyl sites for hydroxylation is 1. The summed E-state index contributed by atoms with van der Waals surface area (Å²) in [6.45, 7) is 1.25. The minimum Gasteiger partial charge on any atom is -0.497 e. The van der Waals surface area contributed by atoms with Crippen molar-refractivity contribution in [2.75, 3.05) is 18.0 Å². The van der Waals surface area contributed by atoms with Crippen LogP contribution in [0.15, 0.2) is 108 Å². The van der Waals surface area contributed by atoms with E-state index >= 15 is 0 Å². The fourth-order valence-electron chi connectivity index (χ4n) is 6.00. The molecule has 48 heavy (non-hydrogen) atoms. The second-order valence-corrected chi connectivity index (χ2v) is 14.1. The maximum absolute atomic E-state index is 14.6. The van der Waals surface area contributed by atoms with E-state index in [1.807, 2.05) is 37.3 Å². The van der Waals surface area contributed by atoms with Crippen molar-refractivity contribution in [3.63, 3.8) is 0 Å². The van der Waals surface area contributed by atoms with Gasteiger partial charge in [0.15, 0.2) is 0 Å². The molecule has 1 aliphatic rings. The number of nitrogens with one attached hydrogen (secondary N) is 1. The first-order valence-electron chi connectivity index (χ1n) is 16.3. The van der Waals surface area contributed by atoms with Gasteiger partial charge in [-0.2, -0.15) is 0 Å². The van der Waals surface area contributed by atoms with Crippen LogP contribution in [-0.4, -0.2) is 50.9 Å². The topological polar surface area (TPSA) is 96.0 Å². The monoisotopic (exact) mass is 671 g/mol. The predicted octanol–water partition coefficient (Wildman–Crippen LogP) is 6.43. The number of rotatable bonds is 13. The third-order valence-corrected chi connectivity index (χ3v) is 10.5. The van der Waals surface area contributed by atoms with Crippen molar-refractivity contribution in [2.45, 2.75) is 69.0 Å². The highest BCUT2D eigenvalue weighted by Gasteiger charge is 2.35. The average molecular weight is 672 g/mol. The number of anilines is 1. The number of nitrogens with zero attached hydrogens (tertiary/aromatic N) is 2. The minimum absolute atomic E-state index is 0.00925. The van der Waals surface area contributed by atoms with E-state index in [1.54, 1.807) is 48.5 Å². The highest BCUT2D eigenvalue weighted by molar-refractivity contribution is 7.92. The maximum atomic E-state index is 14.6. The molecule has 4 aromatic rings. The number of hydrogen-bond donors (Lipinski definition) is 1. The van der Waals surface area contributed by atoms with Gasteiger partial charge in [-0.05, 0) is 79.4 Å². The highest BCUT2D eigenvalue weighted by atomic mass is 32.2. The fourth-order valence-corrected chi connectivity index (χ4v) is 7.41. The van der Waals surface area contributed by atoms with E-state index in [2.05, 4.69) is 5.32 Å². The molecule has 4 aromatic carbocycles. The molecule has 252 valence electrons. The SMILES string of the molecule is COc1ccc(N(CC(=O)N(Cc2ccc(F)cc2)[C@H](Cc2ccccc2)C(=O)NC2CCCCC2)S(=O)(=O)c2ccc(C)cc2)cc1. The van der Waals surface area contributed by atoms with E-state index in [-0.39, 0.29) is 35.5 Å². The fraction of sp³-hybridized carbons (Fsp3) is 0.316. The van der Waals surface area contributed by atoms with Crippen molar-refractivity contribution in [2.24, 2.45) is 0 Å². The van der Waals surface area contributed by atoms with Gasteiger partial charge in [-0.1, -0.05) is 79.4 Å². The third kappa shape index (κ3) is 8.80. The van der Waals surface area contributed by atoms with E-state index in [4.69, 9.17) is 4.74 Å². The molecule has 0 aromatic heterocycles. The second kappa shape index (κ2) is 15.9. The number of amides is 2. The molecule has 0 bridgehead atoms. The van der Waals surface area contributed by atoms with Gasteiger partial charge in [-0.25, -0.2) is 12.8 Å². The lowest BCUT2D eigenvalue weighted by atomic mass is 9.94. The highest BCUT2D eigenvalue weighted by Crippen LogP contribution is 2.27. The van der Waals surface area contributed by atoms with Crippen molar-refractivity contribution in [1.29, 1.82) is 0 Å². The summed E-state index contributed by atoms with van der Waals surface area (Å²) in [6, 6.07) is 27.0. The van der Waals surface area contributed by atoms with E-state index in [1.165, 1.54) is 36.3 Å². The smallest absolute Gasteiger partial charge is 0.264 e. The van der Waals surface area contributed by atoms with Crippen molar-refractivity contribution in [3.05, 3.63) is 126 Å². The second-order valence-electron chi connectivity index (χ2n) is 12.2. The molecular weight excluding hydrogens is 629 g/mol. The number of ether oxygens (including phenoxy) is 1. The number of sulfonamides is 1. The van der Waals surface area contributed by atoms with Gasteiger partial charge in [0.1, 0.15) is 24.2 Å². The number of methoxy groups -OCH3 is 1. The van der Waals surface area contributed by atoms with Crippen LogP contribution in [0, 0.1) is 12.7 Å². The molecule has 0 saturated heterocycles. The van der Waals surface area contributed by atoms with Crippen LogP contribution < -0.4 is 14.4 Å². The van der Waals surface area contributed by atoms with Crippen molar-refractivity contribution in [3.8, 4) is 5.75 Å². The predicted molar refractivity (Wildman–Crippen MR) is 185 cm³/mol. The number of carbonyl (C=O) groups is 2.